The number of piperidine rings is 1. The van der Waals surface area contributed by atoms with Crippen LogP contribution in [0.15, 0.2) is 16.9 Å². The van der Waals surface area contributed by atoms with E-state index in [-0.39, 0.29) is 17.6 Å². The minimum absolute atomic E-state index is 0.0446. The van der Waals surface area contributed by atoms with Crippen LogP contribution >= 0.6 is 23.2 Å². The predicted molar refractivity (Wildman–Crippen MR) is 103 cm³/mol. The lowest BCUT2D eigenvalue weighted by Crippen LogP contribution is -2.36. The summed E-state index contributed by atoms with van der Waals surface area (Å²) in [4.78, 5) is 26.9. The second kappa shape index (κ2) is 7.25. The molecule has 2 aliphatic rings. The van der Waals surface area contributed by atoms with Crippen molar-refractivity contribution in [3.8, 4) is 0 Å². The number of fused-ring (bicyclic) bond motifs is 1. The molecule has 3 heterocycles. The zero-order valence-electron chi connectivity index (χ0n) is 14.5. The highest BCUT2D eigenvalue weighted by Crippen LogP contribution is 2.30. The Labute approximate surface area is 161 Å². The molecule has 1 aromatic carbocycles. The monoisotopic (exact) mass is 396 g/mol. The molecule has 26 heavy (non-hydrogen) atoms. The first-order valence-corrected chi connectivity index (χ1v) is 9.90. The number of carbonyl (C=O) groups excluding carboxylic acids is 1. The summed E-state index contributed by atoms with van der Waals surface area (Å²) in [5.74, 6) is 0.168. The van der Waals surface area contributed by atoms with Gasteiger partial charge in [-0.05, 0) is 44.5 Å². The quantitative estimate of drug-likeness (QED) is 0.863. The van der Waals surface area contributed by atoms with Gasteiger partial charge in [-0.2, -0.15) is 0 Å². The summed E-state index contributed by atoms with van der Waals surface area (Å²) >= 11 is 12.5. The molecule has 2 aliphatic heterocycles. The second-order valence-electron chi connectivity index (χ2n) is 7.02. The van der Waals surface area contributed by atoms with E-state index < -0.39 is 0 Å². The highest BCUT2D eigenvalue weighted by Gasteiger charge is 2.25. The van der Waals surface area contributed by atoms with E-state index in [4.69, 9.17) is 23.2 Å². The normalized spacial score (nSPS) is 19.0. The fourth-order valence-corrected chi connectivity index (χ4v) is 4.38. The zero-order valence-corrected chi connectivity index (χ0v) is 16.0. The summed E-state index contributed by atoms with van der Waals surface area (Å²) in [6, 6.07) is 3.71. The van der Waals surface area contributed by atoms with Crippen LogP contribution in [-0.2, 0) is 11.3 Å². The van der Waals surface area contributed by atoms with Crippen LogP contribution in [0.4, 0.5) is 0 Å². The molecule has 6 nitrogen and oxygen atoms in total. The van der Waals surface area contributed by atoms with Crippen molar-refractivity contribution in [2.24, 2.45) is 0 Å². The topological polar surface area (TPSA) is 59.3 Å². The Morgan fingerprint density at radius 2 is 1.73 bits per heavy atom. The highest BCUT2D eigenvalue weighted by molar-refractivity contribution is 6.42. The van der Waals surface area contributed by atoms with E-state index >= 15 is 0 Å². The molecule has 4 rings (SSSR count). The van der Waals surface area contributed by atoms with Crippen LogP contribution < -0.4 is 11.0 Å². The van der Waals surface area contributed by atoms with Crippen LogP contribution in [0.3, 0.4) is 0 Å². The van der Waals surface area contributed by atoms with Crippen molar-refractivity contribution in [1.29, 1.82) is 0 Å². The molecule has 0 saturated carbocycles. The Kier molecular flexibility index (Phi) is 4.99. The van der Waals surface area contributed by atoms with Gasteiger partial charge in [0.15, 0.2) is 0 Å². The molecule has 0 atom stereocenters. The number of halogens is 2. The smallest absolute Gasteiger partial charge is 0.329 e. The van der Waals surface area contributed by atoms with E-state index in [1.165, 1.54) is 0 Å². The Bertz CT molecular complexity index is 899. The van der Waals surface area contributed by atoms with E-state index in [0.717, 1.165) is 49.9 Å². The van der Waals surface area contributed by atoms with E-state index in [0.29, 0.717) is 29.6 Å². The number of likely N-dealkylation sites (tertiary alicyclic amines) is 1. The highest BCUT2D eigenvalue weighted by atomic mass is 35.5. The number of aromatic nitrogens is 2. The summed E-state index contributed by atoms with van der Waals surface area (Å²) in [6.07, 6.45) is 3.31. The Morgan fingerprint density at radius 3 is 2.38 bits per heavy atom. The predicted octanol–water partition coefficient (Wildman–Crippen LogP) is 2.66. The number of nitrogens with zero attached hydrogens (tertiary/aromatic N) is 3. The molecule has 8 heteroatoms. The van der Waals surface area contributed by atoms with Gasteiger partial charge in [0.1, 0.15) is 0 Å². The molecule has 1 amide bonds. The SMILES string of the molecule is O=C1CCCN1CCn1c(=O)n(C2CCNCC2)c2cc(Cl)c(Cl)cc21. The molecule has 0 aliphatic carbocycles. The molecule has 1 N–H and O–H groups in total. The number of hydrogen-bond donors (Lipinski definition) is 1. The molecular weight excluding hydrogens is 375 g/mol. The maximum absolute atomic E-state index is 13.2. The number of benzene rings is 1. The largest absolute Gasteiger partial charge is 0.341 e. The lowest BCUT2D eigenvalue weighted by molar-refractivity contribution is -0.127. The van der Waals surface area contributed by atoms with Crippen molar-refractivity contribution in [1.82, 2.24) is 19.4 Å². The molecular formula is C18H22Cl2N4O2. The number of amides is 1. The van der Waals surface area contributed by atoms with E-state index in [2.05, 4.69) is 5.32 Å². The summed E-state index contributed by atoms with van der Waals surface area (Å²) in [6.45, 7) is 3.58. The summed E-state index contributed by atoms with van der Waals surface area (Å²) < 4.78 is 3.61. The first kappa shape index (κ1) is 17.9. The number of imidazole rings is 1. The molecule has 0 spiro atoms. The third kappa shape index (κ3) is 3.15. The van der Waals surface area contributed by atoms with Crippen LogP contribution in [0, 0.1) is 0 Å². The van der Waals surface area contributed by atoms with E-state index in [9.17, 15) is 9.59 Å². The van der Waals surface area contributed by atoms with Gasteiger partial charge in [-0.15, -0.1) is 0 Å². The van der Waals surface area contributed by atoms with Gasteiger partial charge in [-0.3, -0.25) is 13.9 Å². The van der Waals surface area contributed by atoms with Gasteiger partial charge in [0.05, 0.1) is 21.1 Å². The zero-order chi connectivity index (χ0) is 18.3. The average Bonchev–Trinajstić information content (AvgIpc) is 3.15. The van der Waals surface area contributed by atoms with Gasteiger partial charge in [0.2, 0.25) is 5.91 Å². The first-order chi connectivity index (χ1) is 12.6. The van der Waals surface area contributed by atoms with E-state index in [1.807, 2.05) is 9.47 Å². The molecule has 0 radical (unpaired) electrons. The summed E-state index contributed by atoms with van der Waals surface area (Å²) in [5, 5.41) is 4.22. The molecule has 0 unspecified atom stereocenters. The molecule has 2 aromatic rings. The van der Waals surface area contributed by atoms with Crippen LogP contribution in [0.25, 0.3) is 11.0 Å². The average molecular weight is 397 g/mol. The first-order valence-electron chi connectivity index (χ1n) is 9.14. The van der Waals surface area contributed by atoms with Crippen molar-refractivity contribution in [2.75, 3.05) is 26.2 Å². The third-order valence-electron chi connectivity index (χ3n) is 5.44. The van der Waals surface area contributed by atoms with Gasteiger partial charge in [-0.1, -0.05) is 23.2 Å². The Hall–Kier alpha value is -1.50. The summed E-state index contributed by atoms with van der Waals surface area (Å²) in [7, 11) is 0. The third-order valence-corrected chi connectivity index (χ3v) is 6.17. The maximum atomic E-state index is 13.2. The van der Waals surface area contributed by atoms with Crippen LogP contribution in [0.5, 0.6) is 0 Å². The van der Waals surface area contributed by atoms with Gasteiger partial charge in [0.25, 0.3) is 0 Å². The molecule has 1 aromatic heterocycles. The standard InChI is InChI=1S/C18H22Cl2N4O2/c19-13-10-15-16(11-14(13)20)24(12-3-5-21-6-4-12)18(26)23(15)9-8-22-7-1-2-17(22)25/h10-12,21H,1-9H2. The molecule has 140 valence electrons. The lowest BCUT2D eigenvalue weighted by atomic mass is 10.1. The number of carbonyl (C=O) groups is 1. The van der Waals surface area contributed by atoms with Crippen molar-refractivity contribution < 1.29 is 4.79 Å². The van der Waals surface area contributed by atoms with Gasteiger partial charge in [0, 0.05) is 32.1 Å². The van der Waals surface area contributed by atoms with Gasteiger partial charge in [-0.25, -0.2) is 4.79 Å². The van der Waals surface area contributed by atoms with Crippen LogP contribution in [0.1, 0.15) is 31.7 Å². The maximum Gasteiger partial charge on any atom is 0.329 e. The van der Waals surface area contributed by atoms with Crippen molar-refractivity contribution in [3.63, 3.8) is 0 Å². The van der Waals surface area contributed by atoms with Crippen molar-refractivity contribution in [2.45, 2.75) is 38.3 Å². The van der Waals surface area contributed by atoms with Crippen LogP contribution in [-0.4, -0.2) is 46.1 Å². The second-order valence-corrected chi connectivity index (χ2v) is 7.84. The van der Waals surface area contributed by atoms with Gasteiger partial charge >= 0.3 is 5.69 Å². The molecule has 0 bridgehead atoms. The minimum atomic E-state index is -0.0446. The summed E-state index contributed by atoms with van der Waals surface area (Å²) in [5.41, 5.74) is 1.57. The molecule has 2 saturated heterocycles. The fraction of sp³-hybridized carbons (Fsp3) is 0.556. The minimum Gasteiger partial charge on any atom is -0.341 e. The van der Waals surface area contributed by atoms with E-state index in [1.54, 1.807) is 16.7 Å². The number of nitrogens with one attached hydrogen (secondary N) is 1. The Morgan fingerprint density at radius 1 is 1.04 bits per heavy atom. The van der Waals surface area contributed by atoms with Gasteiger partial charge < -0.3 is 10.2 Å². The number of hydrogen-bond acceptors (Lipinski definition) is 3. The Balaban J connectivity index is 1.75. The fourth-order valence-electron chi connectivity index (χ4n) is 4.07. The lowest BCUT2D eigenvalue weighted by Gasteiger charge is -2.24. The number of rotatable bonds is 4. The van der Waals surface area contributed by atoms with Crippen molar-refractivity contribution >= 4 is 40.1 Å². The van der Waals surface area contributed by atoms with Crippen LogP contribution in [0.2, 0.25) is 10.0 Å². The van der Waals surface area contributed by atoms with Crippen molar-refractivity contribution in [3.05, 3.63) is 32.7 Å². The molecule has 2 fully saturated rings.